The van der Waals surface area contributed by atoms with Gasteiger partial charge in [0.2, 0.25) is 0 Å². The molecule has 0 aliphatic carbocycles. The molecule has 0 saturated heterocycles. The highest BCUT2D eigenvalue weighted by Crippen LogP contribution is 2.19. The first kappa shape index (κ1) is 16.7. The van der Waals surface area contributed by atoms with Crippen LogP contribution in [-0.4, -0.2) is 34.5 Å². The predicted molar refractivity (Wildman–Crippen MR) is 80.0 cm³/mol. The maximum absolute atomic E-state index is 11.0. The zero-order valence-electron chi connectivity index (χ0n) is 13.1. The summed E-state index contributed by atoms with van der Waals surface area (Å²) in [5.74, 6) is 0.216. The Hall–Kier alpha value is -2.37. The molecule has 0 radical (unpaired) electrons. The summed E-state index contributed by atoms with van der Waals surface area (Å²) in [5.41, 5.74) is 2.08. The van der Waals surface area contributed by atoms with Crippen LogP contribution in [0.15, 0.2) is 24.3 Å². The third-order valence-corrected chi connectivity index (χ3v) is 2.57. The van der Waals surface area contributed by atoms with Gasteiger partial charge < -0.3 is 9.47 Å². The van der Waals surface area contributed by atoms with Crippen molar-refractivity contribution in [3.63, 3.8) is 0 Å². The SMILES string of the molecule is CC.COC(=O)COc1nc(-c2cccc(C)c2)n(C)n1. The molecule has 0 aliphatic rings. The summed E-state index contributed by atoms with van der Waals surface area (Å²) in [6.07, 6.45) is 0. The zero-order valence-corrected chi connectivity index (χ0v) is 13.1. The van der Waals surface area contributed by atoms with Gasteiger partial charge >= 0.3 is 12.0 Å². The van der Waals surface area contributed by atoms with Crippen LogP contribution in [0.4, 0.5) is 0 Å². The first-order valence-electron chi connectivity index (χ1n) is 6.78. The quantitative estimate of drug-likeness (QED) is 0.809. The smallest absolute Gasteiger partial charge is 0.344 e. The standard InChI is InChI=1S/C13H15N3O3.C2H6/c1-9-5-4-6-10(7-9)12-14-13(15-16(12)2)19-8-11(17)18-3;1-2/h4-7H,8H2,1-3H3;1-2H3. The van der Waals surface area contributed by atoms with Crippen molar-refractivity contribution in [3.05, 3.63) is 29.8 Å². The molecule has 0 N–H and O–H groups in total. The number of carbonyl (C=O) groups is 1. The molecule has 6 nitrogen and oxygen atoms in total. The highest BCUT2D eigenvalue weighted by molar-refractivity contribution is 5.70. The van der Waals surface area contributed by atoms with Gasteiger partial charge in [0.25, 0.3) is 0 Å². The molecule has 0 aliphatic heterocycles. The number of hydrogen-bond donors (Lipinski definition) is 0. The Morgan fingerprint density at radius 1 is 1.33 bits per heavy atom. The van der Waals surface area contributed by atoms with Gasteiger partial charge in [0, 0.05) is 12.6 Å². The van der Waals surface area contributed by atoms with Gasteiger partial charge in [-0.15, -0.1) is 5.10 Å². The van der Waals surface area contributed by atoms with E-state index in [2.05, 4.69) is 14.8 Å². The van der Waals surface area contributed by atoms with Crippen molar-refractivity contribution in [1.29, 1.82) is 0 Å². The first-order valence-corrected chi connectivity index (χ1v) is 6.78. The van der Waals surface area contributed by atoms with E-state index >= 15 is 0 Å². The van der Waals surface area contributed by atoms with Gasteiger partial charge in [-0.3, -0.25) is 0 Å². The number of ether oxygens (including phenoxy) is 2. The average molecular weight is 291 g/mol. The third-order valence-electron chi connectivity index (χ3n) is 2.57. The van der Waals surface area contributed by atoms with E-state index in [1.807, 2.05) is 45.0 Å². The van der Waals surface area contributed by atoms with Crippen LogP contribution in [0.1, 0.15) is 19.4 Å². The summed E-state index contributed by atoms with van der Waals surface area (Å²) < 4.78 is 11.2. The lowest BCUT2D eigenvalue weighted by Gasteiger charge is -2.00. The van der Waals surface area contributed by atoms with Crippen LogP contribution >= 0.6 is 0 Å². The number of methoxy groups -OCH3 is 1. The van der Waals surface area contributed by atoms with Crippen LogP contribution in [0, 0.1) is 6.92 Å². The molecule has 0 saturated carbocycles. The molecule has 6 heteroatoms. The van der Waals surface area contributed by atoms with Gasteiger partial charge in [-0.25, -0.2) is 9.48 Å². The number of nitrogens with zero attached hydrogens (tertiary/aromatic N) is 3. The molecule has 1 aromatic heterocycles. The summed E-state index contributed by atoms with van der Waals surface area (Å²) in [7, 11) is 3.07. The molecular weight excluding hydrogens is 270 g/mol. The molecule has 0 atom stereocenters. The Morgan fingerprint density at radius 3 is 2.67 bits per heavy atom. The third kappa shape index (κ3) is 4.59. The number of rotatable bonds is 4. The zero-order chi connectivity index (χ0) is 15.8. The fraction of sp³-hybridized carbons (Fsp3) is 0.400. The van der Waals surface area contributed by atoms with Crippen molar-refractivity contribution in [2.24, 2.45) is 7.05 Å². The Morgan fingerprint density at radius 2 is 2.05 bits per heavy atom. The Balaban J connectivity index is 0.00000106. The van der Waals surface area contributed by atoms with E-state index in [0.717, 1.165) is 11.1 Å². The van der Waals surface area contributed by atoms with Crippen LogP contribution < -0.4 is 4.74 Å². The van der Waals surface area contributed by atoms with E-state index in [0.29, 0.717) is 5.82 Å². The van der Waals surface area contributed by atoms with Crippen LogP contribution in [-0.2, 0) is 16.6 Å². The molecule has 1 heterocycles. The number of esters is 1. The van der Waals surface area contributed by atoms with Gasteiger partial charge in [-0.05, 0) is 13.0 Å². The summed E-state index contributed by atoms with van der Waals surface area (Å²) in [6.45, 7) is 5.81. The number of carbonyl (C=O) groups excluding carboxylic acids is 1. The van der Waals surface area contributed by atoms with Gasteiger partial charge in [-0.1, -0.05) is 37.6 Å². The second-order valence-electron chi connectivity index (χ2n) is 4.08. The summed E-state index contributed by atoms with van der Waals surface area (Å²) in [6, 6.07) is 8.07. The van der Waals surface area contributed by atoms with Crippen LogP contribution in [0.5, 0.6) is 6.01 Å². The number of benzene rings is 1. The molecule has 0 amide bonds. The van der Waals surface area contributed by atoms with E-state index in [9.17, 15) is 4.79 Å². The van der Waals surface area contributed by atoms with Gasteiger partial charge in [0.05, 0.1) is 7.11 Å². The largest absolute Gasteiger partial charge is 0.466 e. The first-order chi connectivity index (χ1) is 10.1. The Labute approximate surface area is 124 Å². The monoisotopic (exact) mass is 291 g/mol. The van der Waals surface area contributed by atoms with Crippen molar-refractivity contribution in [2.75, 3.05) is 13.7 Å². The van der Waals surface area contributed by atoms with Gasteiger partial charge in [0.1, 0.15) is 0 Å². The maximum Gasteiger partial charge on any atom is 0.344 e. The van der Waals surface area contributed by atoms with E-state index in [4.69, 9.17) is 4.74 Å². The minimum Gasteiger partial charge on any atom is -0.466 e. The lowest BCUT2D eigenvalue weighted by Crippen LogP contribution is -2.13. The van der Waals surface area contributed by atoms with Crippen molar-refractivity contribution >= 4 is 5.97 Å². The highest BCUT2D eigenvalue weighted by atomic mass is 16.6. The topological polar surface area (TPSA) is 66.2 Å². The van der Waals surface area contributed by atoms with Crippen molar-refractivity contribution in [1.82, 2.24) is 14.8 Å². The number of aromatic nitrogens is 3. The Kier molecular flexibility index (Phi) is 6.39. The van der Waals surface area contributed by atoms with Crippen molar-refractivity contribution in [3.8, 4) is 17.4 Å². The van der Waals surface area contributed by atoms with Gasteiger partial charge in [-0.2, -0.15) is 4.98 Å². The fourth-order valence-electron chi connectivity index (χ4n) is 1.64. The van der Waals surface area contributed by atoms with E-state index in [1.165, 1.54) is 7.11 Å². The average Bonchev–Trinajstić information content (AvgIpc) is 2.88. The van der Waals surface area contributed by atoms with E-state index < -0.39 is 5.97 Å². The van der Waals surface area contributed by atoms with Crippen molar-refractivity contribution in [2.45, 2.75) is 20.8 Å². The number of aryl methyl sites for hydroxylation is 2. The maximum atomic E-state index is 11.0. The molecule has 1 aromatic carbocycles. The van der Waals surface area contributed by atoms with Crippen LogP contribution in [0.3, 0.4) is 0 Å². The highest BCUT2D eigenvalue weighted by Gasteiger charge is 2.12. The molecule has 2 rings (SSSR count). The van der Waals surface area contributed by atoms with Gasteiger partial charge in [0.15, 0.2) is 12.4 Å². The summed E-state index contributed by atoms with van der Waals surface area (Å²) in [5, 5.41) is 4.10. The van der Waals surface area contributed by atoms with E-state index in [-0.39, 0.29) is 12.6 Å². The fourth-order valence-corrected chi connectivity index (χ4v) is 1.64. The Bertz CT molecular complexity index is 594. The van der Waals surface area contributed by atoms with Crippen molar-refractivity contribution < 1.29 is 14.3 Å². The minimum absolute atomic E-state index is 0.157. The molecule has 21 heavy (non-hydrogen) atoms. The minimum atomic E-state index is -0.468. The molecule has 2 aromatic rings. The lowest BCUT2D eigenvalue weighted by molar-refractivity contribution is -0.143. The second-order valence-corrected chi connectivity index (χ2v) is 4.08. The number of hydrogen-bond acceptors (Lipinski definition) is 5. The molecule has 0 unspecified atom stereocenters. The molecule has 114 valence electrons. The van der Waals surface area contributed by atoms with Crippen LogP contribution in [0.2, 0.25) is 0 Å². The second kappa shape index (κ2) is 8.04. The van der Waals surface area contributed by atoms with Crippen LogP contribution in [0.25, 0.3) is 11.4 Å². The molecule has 0 spiro atoms. The van der Waals surface area contributed by atoms with E-state index in [1.54, 1.807) is 11.7 Å². The normalized spacial score (nSPS) is 9.57. The summed E-state index contributed by atoms with van der Waals surface area (Å²) in [4.78, 5) is 15.2. The molecule has 0 bridgehead atoms. The lowest BCUT2D eigenvalue weighted by atomic mass is 10.1. The molecule has 0 fully saturated rings. The predicted octanol–water partition coefficient (Wildman–Crippen LogP) is 2.37. The molecular formula is C15H21N3O3. The summed E-state index contributed by atoms with van der Waals surface area (Å²) >= 11 is 0.